The molecule has 4 rings (SSSR count). The number of halogens is 4. The summed E-state index contributed by atoms with van der Waals surface area (Å²) in [5.74, 6) is -0.929. The van der Waals surface area contributed by atoms with Gasteiger partial charge in [0.1, 0.15) is 23.0 Å². The summed E-state index contributed by atoms with van der Waals surface area (Å²) in [6.07, 6.45) is -5.14. The molecule has 1 aliphatic heterocycles. The molecule has 2 heterocycles. The molecule has 0 fully saturated rings. The second kappa shape index (κ2) is 8.03. The van der Waals surface area contributed by atoms with Crippen molar-refractivity contribution in [3.05, 3.63) is 80.7 Å². The molecule has 1 aliphatic rings. The normalized spacial score (nSPS) is 13.5. The molecule has 0 aliphatic carbocycles. The van der Waals surface area contributed by atoms with E-state index in [1.807, 2.05) is 16.3 Å². The number of anilines is 2. The number of nitrogens with one attached hydrogen (secondary N) is 1. The monoisotopic (exact) mass is 448 g/mol. The van der Waals surface area contributed by atoms with Crippen LogP contribution < -0.4 is 25.8 Å². The number of amides is 1. The Labute approximate surface area is 178 Å². The maximum absolute atomic E-state index is 13.9. The van der Waals surface area contributed by atoms with Crippen molar-refractivity contribution in [3.8, 4) is 0 Å². The number of alkyl halides is 3. The standard InChI is InChI=1S/C21H16F4N4OS/c22-17-6-1-13(21(23,24)25)9-12(17)10-18(30)28-14-2-4-15(5-3-14)29-11-27-20-16(19(29)26)7-8-31-20/h1-9H,10-11,26H2,(H,28,30). The summed E-state index contributed by atoms with van der Waals surface area (Å²) < 4.78 is 53.2. The van der Waals surface area contributed by atoms with E-state index in [0.717, 1.165) is 15.6 Å². The Kier molecular flexibility index (Phi) is 5.40. The minimum absolute atomic E-state index is 0.326. The van der Waals surface area contributed by atoms with Crippen LogP contribution in [-0.2, 0) is 17.4 Å². The van der Waals surface area contributed by atoms with Crippen molar-refractivity contribution in [3.63, 3.8) is 0 Å². The third-order valence-electron chi connectivity index (χ3n) is 4.75. The van der Waals surface area contributed by atoms with Gasteiger partial charge in [0.15, 0.2) is 0 Å². The SMILES string of the molecule is NC1=c2ccsc2=NCN1c1ccc(NC(=O)Cc2cc(C(F)(F)F)ccc2F)cc1. The van der Waals surface area contributed by atoms with E-state index in [9.17, 15) is 22.4 Å². The summed E-state index contributed by atoms with van der Waals surface area (Å²) in [6, 6.07) is 10.6. The van der Waals surface area contributed by atoms with Gasteiger partial charge in [-0.3, -0.25) is 9.79 Å². The number of carbonyl (C=O) groups is 1. The zero-order valence-corrected chi connectivity index (χ0v) is 16.7. The molecule has 1 aromatic heterocycles. The maximum Gasteiger partial charge on any atom is 0.416 e. The van der Waals surface area contributed by atoms with Crippen LogP contribution in [0.25, 0.3) is 5.82 Å². The third kappa shape index (κ3) is 4.38. The highest BCUT2D eigenvalue weighted by atomic mass is 32.1. The van der Waals surface area contributed by atoms with Crippen LogP contribution in [0.2, 0.25) is 0 Å². The lowest BCUT2D eigenvalue weighted by Gasteiger charge is -2.24. The summed E-state index contributed by atoms with van der Waals surface area (Å²) in [6.45, 7) is 0.361. The quantitative estimate of drug-likeness (QED) is 0.603. The molecule has 0 bridgehead atoms. The van der Waals surface area contributed by atoms with E-state index in [1.165, 1.54) is 11.3 Å². The van der Waals surface area contributed by atoms with Crippen molar-refractivity contribution in [2.24, 2.45) is 10.7 Å². The molecule has 0 spiro atoms. The highest BCUT2D eigenvalue weighted by Gasteiger charge is 2.31. The first-order valence-corrected chi connectivity index (χ1v) is 10.0. The number of carbonyl (C=O) groups excluding carboxylic acids is 1. The van der Waals surface area contributed by atoms with E-state index in [-0.39, 0.29) is 5.56 Å². The molecule has 2 aromatic carbocycles. The first kappa shape index (κ1) is 20.9. The van der Waals surface area contributed by atoms with E-state index in [2.05, 4.69) is 10.3 Å². The Bertz CT molecular complexity index is 1250. The fourth-order valence-corrected chi connectivity index (χ4v) is 3.95. The minimum Gasteiger partial charge on any atom is -0.384 e. The molecule has 31 heavy (non-hydrogen) atoms. The number of rotatable bonds is 4. The number of thiophene rings is 1. The minimum atomic E-state index is -4.61. The Morgan fingerprint density at radius 3 is 2.61 bits per heavy atom. The lowest BCUT2D eigenvalue weighted by Crippen LogP contribution is -2.41. The Balaban J connectivity index is 1.46. The van der Waals surface area contributed by atoms with E-state index in [0.29, 0.717) is 36.4 Å². The van der Waals surface area contributed by atoms with E-state index < -0.39 is 29.9 Å². The molecular formula is C21H16F4N4OS. The number of nitrogens with two attached hydrogens (primary N) is 1. The van der Waals surface area contributed by atoms with E-state index >= 15 is 0 Å². The summed E-state index contributed by atoms with van der Waals surface area (Å²) in [5, 5.41) is 5.33. The van der Waals surface area contributed by atoms with Gasteiger partial charge in [-0.15, -0.1) is 11.3 Å². The predicted molar refractivity (Wildman–Crippen MR) is 110 cm³/mol. The van der Waals surface area contributed by atoms with E-state index in [1.54, 1.807) is 24.3 Å². The van der Waals surface area contributed by atoms with E-state index in [4.69, 9.17) is 5.73 Å². The van der Waals surface area contributed by atoms with Crippen LogP contribution in [0.1, 0.15) is 11.1 Å². The smallest absolute Gasteiger partial charge is 0.384 e. The summed E-state index contributed by atoms with van der Waals surface area (Å²) >= 11 is 1.51. The zero-order chi connectivity index (χ0) is 22.2. The average molecular weight is 448 g/mol. The molecule has 160 valence electrons. The molecule has 5 nitrogen and oxygen atoms in total. The third-order valence-corrected chi connectivity index (χ3v) is 5.60. The fourth-order valence-electron chi connectivity index (χ4n) is 3.19. The van der Waals surface area contributed by atoms with Gasteiger partial charge in [0, 0.05) is 11.4 Å². The molecule has 10 heteroatoms. The van der Waals surface area contributed by atoms with Gasteiger partial charge in [-0.25, -0.2) is 4.39 Å². The summed E-state index contributed by atoms with van der Waals surface area (Å²) in [7, 11) is 0. The Morgan fingerprint density at radius 1 is 1.16 bits per heavy atom. The number of benzene rings is 2. The van der Waals surface area contributed by atoms with Crippen LogP contribution in [0.15, 0.2) is 58.9 Å². The van der Waals surface area contributed by atoms with Gasteiger partial charge in [0.05, 0.1) is 17.2 Å². The highest BCUT2D eigenvalue weighted by molar-refractivity contribution is 7.07. The summed E-state index contributed by atoms with van der Waals surface area (Å²) in [4.78, 5) is 18.5. The molecule has 0 saturated carbocycles. The van der Waals surface area contributed by atoms with Crippen LogP contribution in [0.4, 0.5) is 28.9 Å². The van der Waals surface area contributed by atoms with Gasteiger partial charge in [-0.05, 0) is 59.5 Å². The van der Waals surface area contributed by atoms with Crippen molar-refractivity contribution < 1.29 is 22.4 Å². The van der Waals surface area contributed by atoms with Crippen LogP contribution in [0.5, 0.6) is 0 Å². The van der Waals surface area contributed by atoms with Gasteiger partial charge in [0.2, 0.25) is 5.91 Å². The second-order valence-electron chi connectivity index (χ2n) is 6.83. The van der Waals surface area contributed by atoms with Crippen LogP contribution in [0.3, 0.4) is 0 Å². The second-order valence-corrected chi connectivity index (χ2v) is 7.72. The largest absolute Gasteiger partial charge is 0.416 e. The first-order chi connectivity index (χ1) is 14.7. The molecule has 3 aromatic rings. The van der Waals surface area contributed by atoms with Gasteiger partial charge in [-0.1, -0.05) is 0 Å². The maximum atomic E-state index is 13.9. The number of hydrogen-bond acceptors (Lipinski definition) is 5. The summed E-state index contributed by atoms with van der Waals surface area (Å²) in [5.41, 5.74) is 6.09. The zero-order valence-electron chi connectivity index (χ0n) is 15.9. The predicted octanol–water partition coefficient (Wildman–Crippen LogP) is 3.21. The lowest BCUT2D eigenvalue weighted by molar-refractivity contribution is -0.137. The number of nitrogens with zero attached hydrogens (tertiary/aromatic N) is 2. The van der Waals surface area contributed by atoms with Crippen molar-refractivity contribution in [2.45, 2.75) is 12.6 Å². The first-order valence-electron chi connectivity index (χ1n) is 9.13. The number of hydrogen-bond donors (Lipinski definition) is 2. The Morgan fingerprint density at radius 2 is 1.90 bits per heavy atom. The van der Waals surface area contributed by atoms with Crippen LogP contribution >= 0.6 is 11.3 Å². The van der Waals surface area contributed by atoms with Gasteiger partial charge in [-0.2, -0.15) is 13.2 Å². The van der Waals surface area contributed by atoms with Crippen LogP contribution in [0, 0.1) is 5.82 Å². The molecular weight excluding hydrogens is 432 g/mol. The highest BCUT2D eigenvalue weighted by Crippen LogP contribution is 2.30. The molecule has 0 radical (unpaired) electrons. The lowest BCUT2D eigenvalue weighted by atomic mass is 10.1. The molecule has 1 amide bonds. The fraction of sp³-hybridized carbons (Fsp3) is 0.143. The topological polar surface area (TPSA) is 70.7 Å². The molecule has 3 N–H and O–H groups in total. The molecule has 0 atom stereocenters. The van der Waals surface area contributed by atoms with Gasteiger partial charge < -0.3 is 16.0 Å². The van der Waals surface area contributed by atoms with Crippen molar-refractivity contribution >= 4 is 34.4 Å². The molecule has 0 unspecified atom stereocenters. The molecule has 0 saturated heterocycles. The van der Waals surface area contributed by atoms with Crippen LogP contribution in [-0.4, -0.2) is 12.6 Å². The van der Waals surface area contributed by atoms with Crippen molar-refractivity contribution in [1.29, 1.82) is 0 Å². The van der Waals surface area contributed by atoms with Gasteiger partial charge in [0.25, 0.3) is 0 Å². The van der Waals surface area contributed by atoms with Crippen molar-refractivity contribution in [1.82, 2.24) is 0 Å². The van der Waals surface area contributed by atoms with Crippen molar-refractivity contribution in [2.75, 3.05) is 16.9 Å². The number of fused-ring (bicyclic) bond motifs is 1. The Hall–Kier alpha value is -3.40. The average Bonchev–Trinajstić information content (AvgIpc) is 3.20. The van der Waals surface area contributed by atoms with Gasteiger partial charge >= 0.3 is 6.18 Å².